The van der Waals surface area contributed by atoms with Crippen LogP contribution in [0.3, 0.4) is 0 Å². The van der Waals surface area contributed by atoms with E-state index >= 15 is 0 Å². The highest BCUT2D eigenvalue weighted by atomic mass is 32.2. The van der Waals surface area contributed by atoms with Crippen LogP contribution in [0.15, 0.2) is 12.2 Å². The molecule has 0 bridgehead atoms. The van der Waals surface area contributed by atoms with Gasteiger partial charge in [-0.3, -0.25) is 9.35 Å². The van der Waals surface area contributed by atoms with Crippen molar-refractivity contribution in [2.45, 2.75) is 70.6 Å². The van der Waals surface area contributed by atoms with Gasteiger partial charge in [-0.15, -0.1) is 0 Å². The smallest absolute Gasteiger partial charge is 0.264 e. The number of hydrogen-bond acceptors (Lipinski definition) is 3. The Morgan fingerprint density at radius 1 is 0.857 bits per heavy atom. The molecule has 0 saturated carbocycles. The van der Waals surface area contributed by atoms with Crippen LogP contribution in [-0.2, 0) is 14.9 Å². The summed E-state index contributed by atoms with van der Waals surface area (Å²) in [7, 11) is -3.78. The van der Waals surface area contributed by atoms with Gasteiger partial charge in [-0.2, -0.15) is 8.42 Å². The molecule has 0 unspecified atom stereocenters. The lowest BCUT2D eigenvalue weighted by Crippen LogP contribution is -2.12. The predicted molar refractivity (Wildman–Crippen MR) is 85.5 cm³/mol. The maximum Gasteiger partial charge on any atom is 0.264 e. The van der Waals surface area contributed by atoms with E-state index in [0.29, 0.717) is 18.4 Å². The van der Waals surface area contributed by atoms with Crippen molar-refractivity contribution in [3.63, 3.8) is 0 Å². The lowest BCUT2D eigenvalue weighted by atomic mass is 10.0. The molecule has 0 saturated heterocycles. The third-order valence-corrected chi connectivity index (χ3v) is 4.28. The first-order valence-corrected chi connectivity index (χ1v) is 9.36. The summed E-state index contributed by atoms with van der Waals surface area (Å²) in [6.07, 6.45) is 11.0. The van der Waals surface area contributed by atoms with Crippen LogP contribution in [-0.4, -0.2) is 24.6 Å². The van der Waals surface area contributed by atoms with Crippen molar-refractivity contribution in [3.8, 4) is 0 Å². The van der Waals surface area contributed by atoms with Crippen molar-refractivity contribution >= 4 is 16.0 Å². The van der Waals surface area contributed by atoms with Crippen molar-refractivity contribution < 1.29 is 17.8 Å². The SMILES string of the molecule is C=C(CCCCCCCCCCCCS(=O)(=O)O)C(N)=O. The first-order chi connectivity index (χ1) is 9.83. The lowest BCUT2D eigenvalue weighted by Gasteiger charge is -2.03. The Balaban J connectivity index is 3.19. The molecule has 1 amide bonds. The molecule has 124 valence electrons. The molecule has 0 atom stereocenters. The number of rotatable bonds is 14. The molecule has 5 nitrogen and oxygen atoms in total. The van der Waals surface area contributed by atoms with Crippen LogP contribution in [0.25, 0.3) is 0 Å². The van der Waals surface area contributed by atoms with Crippen LogP contribution >= 0.6 is 0 Å². The fraction of sp³-hybridized carbons (Fsp3) is 0.800. The van der Waals surface area contributed by atoms with E-state index in [1.165, 1.54) is 19.3 Å². The quantitative estimate of drug-likeness (QED) is 0.292. The maximum atomic E-state index is 10.7. The summed E-state index contributed by atoms with van der Waals surface area (Å²) in [5.41, 5.74) is 5.62. The Bertz CT molecular complexity index is 404. The molecule has 0 aromatic rings. The fourth-order valence-electron chi connectivity index (χ4n) is 2.16. The largest absolute Gasteiger partial charge is 0.366 e. The topological polar surface area (TPSA) is 97.5 Å². The number of nitrogens with two attached hydrogens (primary N) is 1. The van der Waals surface area contributed by atoms with Crippen LogP contribution in [0, 0.1) is 0 Å². The van der Waals surface area contributed by atoms with Gasteiger partial charge < -0.3 is 5.73 Å². The molecule has 0 aromatic carbocycles. The van der Waals surface area contributed by atoms with Gasteiger partial charge >= 0.3 is 0 Å². The van der Waals surface area contributed by atoms with Crippen LogP contribution in [0.5, 0.6) is 0 Å². The minimum Gasteiger partial charge on any atom is -0.366 e. The Kier molecular flexibility index (Phi) is 11.3. The van der Waals surface area contributed by atoms with Crippen molar-refractivity contribution in [3.05, 3.63) is 12.2 Å². The van der Waals surface area contributed by atoms with E-state index in [-0.39, 0.29) is 5.75 Å². The third kappa shape index (κ3) is 15.3. The van der Waals surface area contributed by atoms with Gasteiger partial charge in [0.05, 0.1) is 5.75 Å². The molecule has 0 fully saturated rings. The van der Waals surface area contributed by atoms with Crippen LogP contribution in [0.2, 0.25) is 0 Å². The first-order valence-electron chi connectivity index (χ1n) is 7.75. The fourth-order valence-corrected chi connectivity index (χ4v) is 2.73. The van der Waals surface area contributed by atoms with Gasteiger partial charge in [0.2, 0.25) is 5.91 Å². The Morgan fingerprint density at radius 2 is 1.24 bits per heavy atom. The van der Waals surface area contributed by atoms with Crippen LogP contribution in [0.4, 0.5) is 0 Å². The monoisotopic (exact) mass is 319 g/mol. The molecular formula is C15H29NO4S. The molecule has 0 spiro atoms. The third-order valence-electron chi connectivity index (χ3n) is 3.48. The minimum absolute atomic E-state index is 0.121. The van der Waals surface area contributed by atoms with Crippen molar-refractivity contribution in [2.24, 2.45) is 5.73 Å². The zero-order chi connectivity index (χ0) is 16.1. The average molecular weight is 319 g/mol. The summed E-state index contributed by atoms with van der Waals surface area (Å²) in [6, 6.07) is 0. The minimum atomic E-state index is -3.78. The number of amides is 1. The van der Waals surface area contributed by atoms with Gasteiger partial charge in [-0.25, -0.2) is 0 Å². The normalized spacial score (nSPS) is 11.5. The van der Waals surface area contributed by atoms with E-state index in [4.69, 9.17) is 10.3 Å². The van der Waals surface area contributed by atoms with E-state index in [1.54, 1.807) is 0 Å². The van der Waals surface area contributed by atoms with Gasteiger partial charge in [-0.1, -0.05) is 57.9 Å². The molecule has 0 aliphatic carbocycles. The Morgan fingerprint density at radius 3 is 1.62 bits per heavy atom. The second-order valence-electron chi connectivity index (χ2n) is 5.54. The molecule has 6 heteroatoms. The highest BCUT2D eigenvalue weighted by Gasteiger charge is 2.03. The number of unbranched alkanes of at least 4 members (excludes halogenated alkanes) is 9. The number of hydrogen-bond donors (Lipinski definition) is 2. The van der Waals surface area contributed by atoms with Crippen molar-refractivity contribution in [1.82, 2.24) is 0 Å². The van der Waals surface area contributed by atoms with Gasteiger partial charge in [0, 0.05) is 5.57 Å². The van der Waals surface area contributed by atoms with E-state index in [2.05, 4.69) is 6.58 Å². The number of primary amides is 1. The van der Waals surface area contributed by atoms with E-state index in [0.717, 1.165) is 38.5 Å². The van der Waals surface area contributed by atoms with Gasteiger partial charge in [0.15, 0.2) is 0 Å². The zero-order valence-electron chi connectivity index (χ0n) is 12.8. The zero-order valence-corrected chi connectivity index (χ0v) is 13.7. The molecule has 0 aliphatic rings. The van der Waals surface area contributed by atoms with E-state index in [1.807, 2.05) is 0 Å². The molecule has 0 radical (unpaired) electrons. The van der Waals surface area contributed by atoms with Crippen LogP contribution < -0.4 is 5.73 Å². The molecule has 0 aliphatic heterocycles. The standard InChI is InChI=1S/C15H29NO4S/c1-14(15(16)17)12-10-8-6-4-2-3-5-7-9-11-13-21(18,19)20/h1-13H2,(H2,16,17)(H,18,19,20). The molecule has 0 heterocycles. The number of carbonyl (C=O) groups excluding carboxylic acids is 1. The second kappa shape index (κ2) is 11.7. The summed E-state index contributed by atoms with van der Waals surface area (Å²) in [5, 5.41) is 0. The molecular weight excluding hydrogens is 290 g/mol. The summed E-state index contributed by atoms with van der Waals surface area (Å²) in [5.74, 6) is -0.521. The van der Waals surface area contributed by atoms with Gasteiger partial charge in [0.25, 0.3) is 10.1 Å². The second-order valence-corrected chi connectivity index (χ2v) is 7.11. The van der Waals surface area contributed by atoms with Crippen molar-refractivity contribution in [1.29, 1.82) is 0 Å². The Labute approximate surface area is 128 Å². The average Bonchev–Trinajstić information content (AvgIpc) is 2.38. The van der Waals surface area contributed by atoms with Gasteiger partial charge in [-0.05, 0) is 19.3 Å². The number of carbonyl (C=O) groups is 1. The van der Waals surface area contributed by atoms with Crippen molar-refractivity contribution in [2.75, 3.05) is 5.75 Å². The van der Waals surface area contributed by atoms with Gasteiger partial charge in [0.1, 0.15) is 0 Å². The Hall–Kier alpha value is -0.880. The van der Waals surface area contributed by atoms with E-state index in [9.17, 15) is 13.2 Å². The highest BCUT2D eigenvalue weighted by Crippen LogP contribution is 2.13. The summed E-state index contributed by atoms with van der Waals surface area (Å²) >= 11 is 0. The molecule has 0 aromatic heterocycles. The predicted octanol–water partition coefficient (Wildman–Crippen LogP) is 3.21. The van der Waals surface area contributed by atoms with E-state index < -0.39 is 16.0 Å². The first kappa shape index (κ1) is 20.1. The molecule has 3 N–H and O–H groups in total. The summed E-state index contributed by atoms with van der Waals surface area (Å²) in [6.45, 7) is 3.62. The highest BCUT2D eigenvalue weighted by molar-refractivity contribution is 7.85. The molecule has 0 rings (SSSR count). The molecule has 21 heavy (non-hydrogen) atoms. The summed E-state index contributed by atoms with van der Waals surface area (Å²) in [4.78, 5) is 10.7. The maximum absolute atomic E-state index is 10.7. The van der Waals surface area contributed by atoms with Crippen LogP contribution in [0.1, 0.15) is 70.6 Å². The lowest BCUT2D eigenvalue weighted by molar-refractivity contribution is -0.114. The summed E-state index contributed by atoms with van der Waals surface area (Å²) < 4.78 is 29.6.